The van der Waals surface area contributed by atoms with Gasteiger partial charge in [0.1, 0.15) is 0 Å². The van der Waals surface area contributed by atoms with E-state index in [-0.39, 0.29) is 5.75 Å². The molecule has 0 aliphatic carbocycles. The Balaban J connectivity index is 2.08. The zero-order valence-corrected chi connectivity index (χ0v) is 11.8. The molecule has 0 spiro atoms. The summed E-state index contributed by atoms with van der Waals surface area (Å²) in [5.74, 6) is 0.377. The minimum atomic E-state index is -3.39. The number of nitrogens with one attached hydrogen (secondary N) is 1. The third-order valence-corrected chi connectivity index (χ3v) is 4.15. The lowest BCUT2D eigenvalue weighted by Gasteiger charge is -2.08. The first kappa shape index (κ1) is 13.9. The van der Waals surface area contributed by atoms with Crippen LogP contribution in [0.4, 0.5) is 5.69 Å². The molecule has 0 aliphatic heterocycles. The van der Waals surface area contributed by atoms with Gasteiger partial charge in [0.25, 0.3) is 0 Å². The van der Waals surface area contributed by atoms with Crippen molar-refractivity contribution in [2.45, 2.75) is 11.6 Å². The van der Waals surface area contributed by atoms with Crippen LogP contribution in [0.15, 0.2) is 54.6 Å². The van der Waals surface area contributed by atoms with Crippen molar-refractivity contribution in [2.75, 3.05) is 4.72 Å². The van der Waals surface area contributed by atoms with Gasteiger partial charge >= 0.3 is 0 Å². The first-order chi connectivity index (χ1) is 9.09. The highest BCUT2D eigenvalue weighted by molar-refractivity contribution is 7.91. The molecule has 2 aromatic rings. The van der Waals surface area contributed by atoms with Crippen LogP contribution in [-0.4, -0.2) is 8.42 Å². The molecule has 0 aliphatic rings. The summed E-state index contributed by atoms with van der Waals surface area (Å²) in [7, 11) is -3.39. The molecule has 3 nitrogen and oxygen atoms in total. The third kappa shape index (κ3) is 4.26. The monoisotopic (exact) mass is 295 g/mol. The number of sulfonamides is 1. The standard InChI is InChI=1S/C14H14ClNO2S/c15-10-12-6-8-14(9-7-12)16-19(17,18)11-13-4-2-1-3-5-13/h1-9,16H,10-11H2. The SMILES string of the molecule is O=S(=O)(Cc1ccccc1)Nc1ccc(CCl)cc1. The Labute approximate surface area is 118 Å². The second-order valence-electron chi connectivity index (χ2n) is 4.18. The number of alkyl halides is 1. The van der Waals surface area contributed by atoms with Gasteiger partial charge in [-0.3, -0.25) is 4.72 Å². The summed E-state index contributed by atoms with van der Waals surface area (Å²) in [5, 5.41) is 0. The quantitative estimate of drug-likeness (QED) is 0.860. The van der Waals surface area contributed by atoms with E-state index in [1.807, 2.05) is 18.2 Å². The molecule has 0 saturated carbocycles. The van der Waals surface area contributed by atoms with Crippen LogP contribution in [0, 0.1) is 0 Å². The Morgan fingerprint density at radius 1 is 0.895 bits per heavy atom. The fraction of sp³-hybridized carbons (Fsp3) is 0.143. The summed E-state index contributed by atoms with van der Waals surface area (Å²) >= 11 is 5.68. The Bertz CT molecular complexity index is 624. The van der Waals surface area contributed by atoms with E-state index in [9.17, 15) is 8.42 Å². The first-order valence-electron chi connectivity index (χ1n) is 5.78. The molecule has 0 aromatic heterocycles. The van der Waals surface area contributed by atoms with E-state index >= 15 is 0 Å². The lowest BCUT2D eigenvalue weighted by molar-refractivity contribution is 0.600. The smallest absolute Gasteiger partial charge is 0.236 e. The first-order valence-corrected chi connectivity index (χ1v) is 7.97. The normalized spacial score (nSPS) is 11.2. The molecule has 0 unspecified atom stereocenters. The average molecular weight is 296 g/mol. The summed E-state index contributed by atoms with van der Waals surface area (Å²) < 4.78 is 26.5. The zero-order valence-electron chi connectivity index (χ0n) is 10.2. The second kappa shape index (κ2) is 6.08. The Morgan fingerprint density at radius 3 is 2.11 bits per heavy atom. The maximum absolute atomic E-state index is 12.0. The highest BCUT2D eigenvalue weighted by Gasteiger charge is 2.11. The van der Waals surface area contributed by atoms with E-state index in [0.29, 0.717) is 11.6 Å². The van der Waals surface area contributed by atoms with Crippen molar-refractivity contribution in [3.63, 3.8) is 0 Å². The van der Waals surface area contributed by atoms with E-state index in [4.69, 9.17) is 11.6 Å². The molecule has 100 valence electrons. The maximum Gasteiger partial charge on any atom is 0.236 e. The van der Waals surface area contributed by atoms with Crippen LogP contribution in [-0.2, 0) is 21.7 Å². The van der Waals surface area contributed by atoms with Gasteiger partial charge in [0, 0.05) is 11.6 Å². The fourth-order valence-electron chi connectivity index (χ4n) is 1.67. The lowest BCUT2D eigenvalue weighted by atomic mass is 10.2. The summed E-state index contributed by atoms with van der Waals surface area (Å²) in [6, 6.07) is 16.1. The lowest BCUT2D eigenvalue weighted by Crippen LogP contribution is -2.14. The maximum atomic E-state index is 12.0. The van der Waals surface area contributed by atoms with Crippen LogP contribution >= 0.6 is 11.6 Å². The van der Waals surface area contributed by atoms with E-state index in [1.54, 1.807) is 36.4 Å². The second-order valence-corrected chi connectivity index (χ2v) is 6.17. The highest BCUT2D eigenvalue weighted by Crippen LogP contribution is 2.14. The van der Waals surface area contributed by atoms with E-state index in [2.05, 4.69) is 4.72 Å². The molecule has 2 aromatic carbocycles. The van der Waals surface area contributed by atoms with Gasteiger partial charge in [0.05, 0.1) is 5.75 Å². The zero-order chi connectivity index (χ0) is 13.7. The van der Waals surface area contributed by atoms with Gasteiger partial charge in [-0.2, -0.15) is 0 Å². The molecule has 0 fully saturated rings. The Morgan fingerprint density at radius 2 is 1.53 bits per heavy atom. The number of hydrogen-bond donors (Lipinski definition) is 1. The molecular weight excluding hydrogens is 282 g/mol. The minimum Gasteiger partial charge on any atom is -0.283 e. The molecule has 19 heavy (non-hydrogen) atoms. The van der Waals surface area contributed by atoms with Crippen molar-refractivity contribution >= 4 is 27.3 Å². The molecule has 0 radical (unpaired) electrons. The number of rotatable bonds is 5. The topological polar surface area (TPSA) is 46.2 Å². The molecule has 0 saturated heterocycles. The summed E-state index contributed by atoms with van der Waals surface area (Å²) in [5.41, 5.74) is 2.25. The van der Waals surface area contributed by atoms with Crippen molar-refractivity contribution in [1.82, 2.24) is 0 Å². The van der Waals surface area contributed by atoms with Crippen molar-refractivity contribution in [1.29, 1.82) is 0 Å². The summed E-state index contributed by atoms with van der Waals surface area (Å²) in [6.07, 6.45) is 0. The molecule has 2 rings (SSSR count). The van der Waals surface area contributed by atoms with Crippen LogP contribution in [0.5, 0.6) is 0 Å². The van der Waals surface area contributed by atoms with Crippen LogP contribution in [0.2, 0.25) is 0 Å². The van der Waals surface area contributed by atoms with Gasteiger partial charge < -0.3 is 0 Å². The largest absolute Gasteiger partial charge is 0.283 e. The molecule has 0 atom stereocenters. The van der Waals surface area contributed by atoms with Gasteiger partial charge in [-0.15, -0.1) is 11.6 Å². The van der Waals surface area contributed by atoms with Crippen molar-refractivity contribution in [3.05, 3.63) is 65.7 Å². The molecule has 0 bridgehead atoms. The van der Waals surface area contributed by atoms with E-state index in [1.165, 1.54) is 0 Å². The molecular formula is C14H14ClNO2S. The molecule has 0 amide bonds. The van der Waals surface area contributed by atoms with Crippen LogP contribution < -0.4 is 4.72 Å². The number of hydrogen-bond acceptors (Lipinski definition) is 2. The minimum absolute atomic E-state index is 0.0366. The number of anilines is 1. The van der Waals surface area contributed by atoms with Gasteiger partial charge in [-0.05, 0) is 23.3 Å². The number of halogens is 1. The predicted octanol–water partition coefficient (Wildman–Crippen LogP) is 3.37. The van der Waals surface area contributed by atoms with Crippen molar-refractivity contribution in [3.8, 4) is 0 Å². The van der Waals surface area contributed by atoms with Crippen LogP contribution in [0.25, 0.3) is 0 Å². The summed E-state index contributed by atoms with van der Waals surface area (Å²) in [4.78, 5) is 0. The van der Waals surface area contributed by atoms with Gasteiger partial charge in [-0.1, -0.05) is 42.5 Å². The van der Waals surface area contributed by atoms with Gasteiger partial charge in [0.15, 0.2) is 0 Å². The Kier molecular flexibility index (Phi) is 4.45. The molecule has 1 N–H and O–H groups in total. The van der Waals surface area contributed by atoms with E-state index in [0.717, 1.165) is 11.1 Å². The molecule has 0 heterocycles. The van der Waals surface area contributed by atoms with Gasteiger partial charge in [-0.25, -0.2) is 8.42 Å². The fourth-order valence-corrected chi connectivity index (χ4v) is 3.05. The van der Waals surface area contributed by atoms with Crippen molar-refractivity contribution in [2.24, 2.45) is 0 Å². The predicted molar refractivity (Wildman–Crippen MR) is 78.7 cm³/mol. The summed E-state index contributed by atoms with van der Waals surface area (Å²) in [6.45, 7) is 0. The average Bonchev–Trinajstić information content (AvgIpc) is 2.39. The van der Waals surface area contributed by atoms with Crippen LogP contribution in [0.1, 0.15) is 11.1 Å². The van der Waals surface area contributed by atoms with Crippen LogP contribution in [0.3, 0.4) is 0 Å². The van der Waals surface area contributed by atoms with E-state index < -0.39 is 10.0 Å². The third-order valence-electron chi connectivity index (χ3n) is 2.58. The van der Waals surface area contributed by atoms with Gasteiger partial charge in [0.2, 0.25) is 10.0 Å². The van der Waals surface area contributed by atoms with Crippen molar-refractivity contribution < 1.29 is 8.42 Å². The highest BCUT2D eigenvalue weighted by atomic mass is 35.5. The number of benzene rings is 2. The Hall–Kier alpha value is -1.52. The molecule has 5 heteroatoms.